The van der Waals surface area contributed by atoms with Gasteiger partial charge in [-0.25, -0.2) is 5.43 Å². The van der Waals surface area contributed by atoms with Crippen LogP contribution in [0, 0.1) is 0 Å². The van der Waals surface area contributed by atoms with E-state index in [1.54, 1.807) is 17.3 Å². The van der Waals surface area contributed by atoms with E-state index < -0.39 is 0 Å². The third kappa shape index (κ3) is 2.53. The number of carbonyl (C=O) groups excluding carboxylic acids is 1. The number of amides is 1. The Kier molecular flexibility index (Phi) is 3.29. The maximum atomic E-state index is 12.0. The Morgan fingerprint density at radius 1 is 1.33 bits per heavy atom. The second-order valence-electron chi connectivity index (χ2n) is 3.64. The molecule has 2 rings (SSSR count). The first-order chi connectivity index (χ1) is 7.38. The smallest absolute Gasteiger partial charge is 0.273 e. The fourth-order valence-electron chi connectivity index (χ4n) is 1.67. The van der Waals surface area contributed by atoms with E-state index in [-0.39, 0.29) is 5.91 Å². The fraction of sp³-hybridized carbons (Fsp3) is 0.455. The summed E-state index contributed by atoms with van der Waals surface area (Å²) in [4.78, 5) is 16.0. The lowest BCUT2D eigenvalue weighted by atomic mass is 10.2. The van der Waals surface area contributed by atoms with Crippen LogP contribution in [-0.4, -0.2) is 29.0 Å². The highest BCUT2D eigenvalue weighted by Crippen LogP contribution is 2.05. The molecule has 1 amide bonds. The van der Waals surface area contributed by atoms with Gasteiger partial charge in [0.05, 0.1) is 0 Å². The van der Waals surface area contributed by atoms with Crippen LogP contribution in [0.3, 0.4) is 0 Å². The molecular weight excluding hydrogens is 190 g/mol. The first-order valence-electron chi connectivity index (χ1n) is 5.34. The van der Waals surface area contributed by atoms with Gasteiger partial charge in [-0.1, -0.05) is 12.5 Å². The minimum absolute atomic E-state index is 0.0301. The Morgan fingerprint density at radius 2 is 2.27 bits per heavy atom. The van der Waals surface area contributed by atoms with E-state index in [1.807, 2.05) is 12.1 Å². The van der Waals surface area contributed by atoms with Crippen LogP contribution in [0.4, 0.5) is 0 Å². The average Bonchev–Trinajstić information content (AvgIpc) is 2.58. The van der Waals surface area contributed by atoms with Crippen LogP contribution in [0.15, 0.2) is 24.4 Å². The van der Waals surface area contributed by atoms with Crippen molar-refractivity contribution in [2.45, 2.75) is 19.3 Å². The number of hydrogen-bond donors (Lipinski definition) is 1. The highest BCUT2D eigenvalue weighted by Gasteiger charge is 2.17. The Balaban J connectivity index is 2.06. The molecule has 0 saturated carbocycles. The third-order valence-corrected chi connectivity index (χ3v) is 2.49. The van der Waals surface area contributed by atoms with E-state index in [9.17, 15) is 4.79 Å². The zero-order valence-electron chi connectivity index (χ0n) is 8.65. The SMILES string of the molecule is O=C(c1ccccn1)N1CCCCCN1. The van der Waals surface area contributed by atoms with Gasteiger partial charge in [0.1, 0.15) is 5.69 Å². The zero-order valence-corrected chi connectivity index (χ0v) is 8.65. The van der Waals surface area contributed by atoms with Gasteiger partial charge in [-0.2, -0.15) is 0 Å². The van der Waals surface area contributed by atoms with Gasteiger partial charge >= 0.3 is 0 Å². The van der Waals surface area contributed by atoms with Gasteiger partial charge in [-0.15, -0.1) is 0 Å². The largest absolute Gasteiger partial charge is 0.286 e. The van der Waals surface area contributed by atoms with Crippen LogP contribution in [0.1, 0.15) is 29.8 Å². The molecule has 0 atom stereocenters. The standard InChI is InChI=1S/C11H15N3O/c15-11(10-6-2-4-7-12-10)14-9-5-1-3-8-13-14/h2,4,6-7,13H,1,3,5,8-9H2. The molecule has 1 saturated heterocycles. The molecule has 0 aliphatic carbocycles. The second kappa shape index (κ2) is 4.89. The molecule has 4 heteroatoms. The molecule has 2 heterocycles. The van der Waals surface area contributed by atoms with Gasteiger partial charge < -0.3 is 0 Å². The predicted octanol–water partition coefficient (Wildman–Crippen LogP) is 1.21. The first-order valence-corrected chi connectivity index (χ1v) is 5.34. The summed E-state index contributed by atoms with van der Waals surface area (Å²) in [5.74, 6) is -0.0301. The number of nitrogens with zero attached hydrogens (tertiary/aromatic N) is 2. The number of rotatable bonds is 1. The summed E-state index contributed by atoms with van der Waals surface area (Å²) in [6, 6.07) is 5.39. The Hall–Kier alpha value is -1.42. The highest BCUT2D eigenvalue weighted by atomic mass is 16.2. The summed E-state index contributed by atoms with van der Waals surface area (Å²) in [5, 5.41) is 1.68. The lowest BCUT2D eigenvalue weighted by molar-refractivity contribution is 0.0667. The van der Waals surface area contributed by atoms with Gasteiger partial charge in [-0.3, -0.25) is 14.8 Å². The number of hydrogen-bond acceptors (Lipinski definition) is 3. The normalized spacial score (nSPS) is 17.2. The first kappa shape index (κ1) is 10.1. The molecule has 0 bridgehead atoms. The van der Waals surface area contributed by atoms with Crippen LogP contribution in [0.5, 0.6) is 0 Å². The van der Waals surface area contributed by atoms with Crippen molar-refractivity contribution in [3.63, 3.8) is 0 Å². The summed E-state index contributed by atoms with van der Waals surface area (Å²) < 4.78 is 0. The summed E-state index contributed by atoms with van der Waals surface area (Å²) >= 11 is 0. The second-order valence-corrected chi connectivity index (χ2v) is 3.64. The monoisotopic (exact) mass is 205 g/mol. The maximum absolute atomic E-state index is 12.0. The summed E-state index contributed by atoms with van der Waals surface area (Å²) in [6.45, 7) is 1.65. The van der Waals surface area contributed by atoms with Gasteiger partial charge in [0.2, 0.25) is 0 Å². The van der Waals surface area contributed by atoms with E-state index in [1.165, 1.54) is 6.42 Å². The van der Waals surface area contributed by atoms with Gasteiger partial charge in [0.25, 0.3) is 5.91 Å². The fourth-order valence-corrected chi connectivity index (χ4v) is 1.67. The number of carbonyl (C=O) groups is 1. The van der Waals surface area contributed by atoms with Gasteiger partial charge in [0.15, 0.2) is 0 Å². The molecule has 1 aliphatic rings. The van der Waals surface area contributed by atoms with Crippen molar-refractivity contribution in [1.82, 2.24) is 15.4 Å². The predicted molar refractivity (Wildman–Crippen MR) is 57.1 cm³/mol. The maximum Gasteiger partial charge on any atom is 0.286 e. The minimum atomic E-state index is -0.0301. The Bertz CT molecular complexity index is 318. The van der Waals surface area contributed by atoms with Crippen molar-refractivity contribution in [2.75, 3.05) is 13.1 Å². The number of aromatic nitrogens is 1. The molecule has 1 N–H and O–H groups in total. The number of pyridine rings is 1. The van der Waals surface area contributed by atoms with Crippen molar-refractivity contribution < 1.29 is 4.79 Å². The molecule has 4 nitrogen and oxygen atoms in total. The molecule has 1 fully saturated rings. The van der Waals surface area contributed by atoms with Crippen LogP contribution < -0.4 is 5.43 Å². The number of nitrogens with one attached hydrogen (secondary N) is 1. The summed E-state index contributed by atoms with van der Waals surface area (Å²) in [6.07, 6.45) is 5.02. The molecule has 15 heavy (non-hydrogen) atoms. The van der Waals surface area contributed by atoms with Crippen LogP contribution >= 0.6 is 0 Å². The van der Waals surface area contributed by atoms with E-state index in [0.717, 1.165) is 25.9 Å². The van der Waals surface area contributed by atoms with Crippen LogP contribution in [0.25, 0.3) is 0 Å². The van der Waals surface area contributed by atoms with E-state index in [2.05, 4.69) is 10.4 Å². The molecule has 1 aliphatic heterocycles. The van der Waals surface area contributed by atoms with Gasteiger partial charge in [0, 0.05) is 19.3 Å². The van der Waals surface area contributed by atoms with Crippen LogP contribution in [0.2, 0.25) is 0 Å². The summed E-state index contributed by atoms with van der Waals surface area (Å²) in [7, 11) is 0. The van der Waals surface area contributed by atoms with Crippen molar-refractivity contribution in [2.24, 2.45) is 0 Å². The van der Waals surface area contributed by atoms with Crippen molar-refractivity contribution in [3.8, 4) is 0 Å². The molecule has 80 valence electrons. The quantitative estimate of drug-likeness (QED) is 0.749. The van der Waals surface area contributed by atoms with Crippen molar-refractivity contribution in [3.05, 3.63) is 30.1 Å². The topological polar surface area (TPSA) is 45.2 Å². The number of hydrazine groups is 1. The van der Waals surface area contributed by atoms with Gasteiger partial charge in [-0.05, 0) is 25.0 Å². The third-order valence-electron chi connectivity index (χ3n) is 2.49. The van der Waals surface area contributed by atoms with Crippen LogP contribution in [-0.2, 0) is 0 Å². The Morgan fingerprint density at radius 3 is 3.07 bits per heavy atom. The van der Waals surface area contributed by atoms with Crippen molar-refractivity contribution >= 4 is 5.91 Å². The highest BCUT2D eigenvalue weighted by molar-refractivity contribution is 5.91. The Labute approximate surface area is 89.3 Å². The van der Waals surface area contributed by atoms with Crippen molar-refractivity contribution in [1.29, 1.82) is 0 Å². The molecule has 0 spiro atoms. The molecular formula is C11H15N3O. The lowest BCUT2D eigenvalue weighted by Crippen LogP contribution is -2.42. The van der Waals surface area contributed by atoms with E-state index >= 15 is 0 Å². The van der Waals surface area contributed by atoms with E-state index in [0.29, 0.717) is 5.69 Å². The zero-order chi connectivity index (χ0) is 10.5. The molecule has 0 unspecified atom stereocenters. The molecule has 0 aromatic carbocycles. The lowest BCUT2D eigenvalue weighted by Gasteiger charge is -2.20. The average molecular weight is 205 g/mol. The summed E-state index contributed by atoms with van der Waals surface area (Å²) in [5.41, 5.74) is 3.63. The molecule has 1 aromatic rings. The molecule has 1 aromatic heterocycles. The van der Waals surface area contributed by atoms with E-state index in [4.69, 9.17) is 0 Å². The minimum Gasteiger partial charge on any atom is -0.273 e. The molecule has 0 radical (unpaired) electrons.